The maximum atomic E-state index is 12.2. The van der Waals surface area contributed by atoms with Gasteiger partial charge in [-0.05, 0) is 50.5 Å². The summed E-state index contributed by atoms with van der Waals surface area (Å²) >= 11 is 0. The van der Waals surface area contributed by atoms with Crippen molar-refractivity contribution in [3.63, 3.8) is 0 Å². The third-order valence-electron chi connectivity index (χ3n) is 3.40. The maximum Gasteiger partial charge on any atom is 0.0749 e. The molecular formula is C16H22N2OS. The highest BCUT2D eigenvalue weighted by Gasteiger charge is 2.08. The van der Waals surface area contributed by atoms with Crippen molar-refractivity contribution >= 4 is 10.8 Å². The fourth-order valence-corrected chi connectivity index (χ4v) is 3.17. The molecule has 0 amide bonds. The van der Waals surface area contributed by atoms with Crippen molar-refractivity contribution in [2.45, 2.75) is 45.2 Å². The molecule has 2 aromatic rings. The summed E-state index contributed by atoms with van der Waals surface area (Å²) in [6, 6.07) is 8.58. The van der Waals surface area contributed by atoms with E-state index in [-0.39, 0.29) is 0 Å². The first kappa shape index (κ1) is 15.0. The number of hydrogen-bond donors (Lipinski definition) is 0. The third kappa shape index (κ3) is 3.79. The van der Waals surface area contributed by atoms with E-state index in [0.717, 1.165) is 11.3 Å². The van der Waals surface area contributed by atoms with Gasteiger partial charge in [0.1, 0.15) is 0 Å². The van der Waals surface area contributed by atoms with Crippen LogP contribution in [-0.4, -0.2) is 14.0 Å². The molecule has 3 nitrogen and oxygen atoms in total. The zero-order chi connectivity index (χ0) is 14.7. The molecule has 0 saturated heterocycles. The van der Waals surface area contributed by atoms with Crippen LogP contribution in [0.1, 0.15) is 42.3 Å². The summed E-state index contributed by atoms with van der Waals surface area (Å²) < 4.78 is 14.1. The first-order valence-corrected chi connectivity index (χ1v) is 8.39. The lowest BCUT2D eigenvalue weighted by Crippen LogP contribution is -2.04. The van der Waals surface area contributed by atoms with Crippen LogP contribution in [0.5, 0.6) is 0 Å². The molecule has 1 aromatic carbocycles. The fraction of sp³-hybridized carbons (Fsp3) is 0.438. The topological polar surface area (TPSA) is 34.9 Å². The first-order valence-electron chi connectivity index (χ1n) is 6.91. The number of aromatic nitrogens is 2. The predicted octanol–water partition coefficient (Wildman–Crippen LogP) is 3.53. The van der Waals surface area contributed by atoms with Crippen molar-refractivity contribution < 1.29 is 4.21 Å². The zero-order valence-corrected chi connectivity index (χ0v) is 13.4. The van der Waals surface area contributed by atoms with Crippen molar-refractivity contribution in [2.24, 2.45) is 0 Å². The lowest BCUT2D eigenvalue weighted by molar-refractivity contribution is 0.528. The molecule has 0 saturated carbocycles. The van der Waals surface area contributed by atoms with Gasteiger partial charge in [-0.1, -0.05) is 18.2 Å². The van der Waals surface area contributed by atoms with Crippen molar-refractivity contribution in [3.8, 4) is 0 Å². The second-order valence-electron chi connectivity index (χ2n) is 5.53. The van der Waals surface area contributed by atoms with E-state index in [2.05, 4.69) is 51.0 Å². The van der Waals surface area contributed by atoms with Crippen LogP contribution in [0, 0.1) is 13.8 Å². The van der Waals surface area contributed by atoms with Gasteiger partial charge in [0.25, 0.3) is 0 Å². The summed E-state index contributed by atoms with van der Waals surface area (Å²) in [6.45, 7) is 8.35. The molecule has 1 atom stereocenters. The van der Waals surface area contributed by atoms with E-state index in [4.69, 9.17) is 0 Å². The van der Waals surface area contributed by atoms with Gasteiger partial charge in [0.2, 0.25) is 0 Å². The average Bonchev–Trinajstić information content (AvgIpc) is 2.82. The Bertz CT molecular complexity index is 617. The SMILES string of the molecule is Cc1ccc(C[S@@](=O)Cc2ccn(C(C)C)n2)cc1C. The molecule has 0 aliphatic heterocycles. The largest absolute Gasteiger partial charge is 0.270 e. The van der Waals surface area contributed by atoms with E-state index in [9.17, 15) is 4.21 Å². The van der Waals surface area contributed by atoms with Crippen LogP contribution in [0.4, 0.5) is 0 Å². The Hall–Kier alpha value is -1.42. The number of rotatable bonds is 5. The van der Waals surface area contributed by atoms with Crippen LogP contribution in [0.3, 0.4) is 0 Å². The summed E-state index contributed by atoms with van der Waals surface area (Å²) in [5, 5.41) is 4.45. The van der Waals surface area contributed by atoms with Gasteiger partial charge in [-0.15, -0.1) is 0 Å². The highest BCUT2D eigenvalue weighted by molar-refractivity contribution is 7.83. The number of nitrogens with zero attached hydrogens (tertiary/aromatic N) is 2. The highest BCUT2D eigenvalue weighted by atomic mass is 32.2. The normalized spacial score (nSPS) is 12.8. The summed E-state index contributed by atoms with van der Waals surface area (Å²) in [6.07, 6.45) is 1.95. The minimum atomic E-state index is -0.913. The Morgan fingerprint density at radius 3 is 2.50 bits per heavy atom. The average molecular weight is 290 g/mol. The van der Waals surface area contributed by atoms with Gasteiger partial charge in [0.15, 0.2) is 0 Å². The van der Waals surface area contributed by atoms with Gasteiger partial charge in [-0.25, -0.2) is 0 Å². The van der Waals surface area contributed by atoms with Crippen LogP contribution < -0.4 is 0 Å². The van der Waals surface area contributed by atoms with Gasteiger partial charge in [-0.3, -0.25) is 8.89 Å². The Balaban J connectivity index is 1.99. The second kappa shape index (κ2) is 6.35. The van der Waals surface area contributed by atoms with Crippen LogP contribution in [0.15, 0.2) is 30.5 Å². The molecule has 20 heavy (non-hydrogen) atoms. The fourth-order valence-electron chi connectivity index (χ4n) is 2.04. The summed E-state index contributed by atoms with van der Waals surface area (Å²) in [7, 11) is -0.913. The molecular weight excluding hydrogens is 268 g/mol. The minimum absolute atomic E-state index is 0.344. The smallest absolute Gasteiger partial charge is 0.0749 e. The van der Waals surface area contributed by atoms with Gasteiger partial charge >= 0.3 is 0 Å². The van der Waals surface area contributed by atoms with E-state index in [1.54, 1.807) is 0 Å². The van der Waals surface area contributed by atoms with Gasteiger partial charge < -0.3 is 0 Å². The van der Waals surface area contributed by atoms with E-state index in [1.165, 1.54) is 11.1 Å². The molecule has 1 aromatic heterocycles. The van der Waals surface area contributed by atoms with Crippen LogP contribution in [0.25, 0.3) is 0 Å². The molecule has 0 spiro atoms. The molecule has 2 rings (SSSR count). The van der Waals surface area contributed by atoms with Crippen LogP contribution >= 0.6 is 0 Å². The van der Waals surface area contributed by atoms with E-state index >= 15 is 0 Å². The molecule has 4 heteroatoms. The standard InChI is InChI=1S/C16H22N2OS/c1-12(2)18-8-7-16(17-18)11-20(19)10-15-6-5-13(3)14(4)9-15/h5-9,12H,10-11H2,1-4H3/t20-/m1/s1. The molecule has 108 valence electrons. The van der Waals surface area contributed by atoms with Gasteiger partial charge in [0.05, 0.1) is 11.4 Å². The number of hydrogen-bond acceptors (Lipinski definition) is 2. The number of benzene rings is 1. The van der Waals surface area contributed by atoms with Crippen molar-refractivity contribution in [3.05, 3.63) is 52.8 Å². The van der Waals surface area contributed by atoms with Crippen LogP contribution in [-0.2, 0) is 22.3 Å². The highest BCUT2D eigenvalue weighted by Crippen LogP contribution is 2.13. The lowest BCUT2D eigenvalue weighted by atomic mass is 10.1. The molecule has 0 fully saturated rings. The third-order valence-corrected chi connectivity index (χ3v) is 4.67. The first-order chi connectivity index (χ1) is 9.45. The number of aryl methyl sites for hydroxylation is 2. The zero-order valence-electron chi connectivity index (χ0n) is 12.6. The van der Waals surface area contributed by atoms with Gasteiger partial charge in [-0.2, -0.15) is 5.10 Å². The maximum absolute atomic E-state index is 12.2. The molecule has 0 unspecified atom stereocenters. The van der Waals surface area contributed by atoms with E-state index < -0.39 is 10.8 Å². The van der Waals surface area contributed by atoms with Crippen LogP contribution in [0.2, 0.25) is 0 Å². The Kier molecular flexibility index (Phi) is 4.76. The predicted molar refractivity (Wildman–Crippen MR) is 84.1 cm³/mol. The monoisotopic (exact) mass is 290 g/mol. The summed E-state index contributed by atoms with van der Waals surface area (Å²) in [5.74, 6) is 1.11. The van der Waals surface area contributed by atoms with E-state index in [1.807, 2.05) is 16.9 Å². The van der Waals surface area contributed by atoms with Crippen molar-refractivity contribution in [1.82, 2.24) is 9.78 Å². The quantitative estimate of drug-likeness (QED) is 0.844. The summed E-state index contributed by atoms with van der Waals surface area (Å²) in [4.78, 5) is 0. The molecule has 0 radical (unpaired) electrons. The van der Waals surface area contributed by atoms with Crippen molar-refractivity contribution in [1.29, 1.82) is 0 Å². The van der Waals surface area contributed by atoms with Gasteiger partial charge in [0, 0.05) is 28.8 Å². The Morgan fingerprint density at radius 1 is 1.15 bits per heavy atom. The lowest BCUT2D eigenvalue weighted by Gasteiger charge is -2.06. The minimum Gasteiger partial charge on any atom is -0.270 e. The molecule has 1 heterocycles. The molecule has 0 aliphatic carbocycles. The summed E-state index contributed by atoms with van der Waals surface area (Å²) in [5.41, 5.74) is 4.56. The molecule has 0 N–H and O–H groups in total. The molecule has 0 aliphatic rings. The Morgan fingerprint density at radius 2 is 1.90 bits per heavy atom. The molecule has 0 bridgehead atoms. The Labute approximate surface area is 123 Å². The van der Waals surface area contributed by atoms with E-state index in [0.29, 0.717) is 17.5 Å². The second-order valence-corrected chi connectivity index (χ2v) is 6.98. The van der Waals surface area contributed by atoms with Crippen molar-refractivity contribution in [2.75, 3.05) is 0 Å².